The Morgan fingerprint density at radius 3 is 2.53 bits per heavy atom. The zero-order valence-electron chi connectivity index (χ0n) is 10.7. The fraction of sp³-hybridized carbons (Fsp3) is 0.923. The summed E-state index contributed by atoms with van der Waals surface area (Å²) in [5, 5.41) is 3.80. The van der Waals surface area contributed by atoms with E-state index in [1.54, 1.807) is 0 Å². The minimum Gasteiger partial charge on any atom is -0.344 e. The highest BCUT2D eigenvalue weighted by Gasteiger charge is 2.35. The van der Waals surface area contributed by atoms with Crippen LogP contribution in [0.5, 0.6) is 0 Å². The second kappa shape index (κ2) is 4.58. The number of hydrogen-bond acceptors (Lipinski definition) is 3. The largest absolute Gasteiger partial charge is 0.344 e. The second-order valence-corrected chi connectivity index (χ2v) is 5.92. The molecule has 4 nitrogen and oxygen atoms in total. The van der Waals surface area contributed by atoms with Crippen LogP contribution < -0.4 is 5.32 Å². The predicted molar refractivity (Wildman–Crippen MR) is 66.7 cm³/mol. The number of likely N-dealkylation sites (N-methyl/N-ethyl adjacent to an activating group) is 1. The third-order valence-electron chi connectivity index (χ3n) is 4.73. The van der Waals surface area contributed by atoms with Crippen molar-refractivity contribution in [3.05, 3.63) is 0 Å². The molecule has 0 spiro atoms. The number of likely N-dealkylation sites (tertiary alicyclic amines) is 1. The first-order valence-corrected chi connectivity index (χ1v) is 6.95. The fourth-order valence-corrected chi connectivity index (χ4v) is 3.60. The summed E-state index contributed by atoms with van der Waals surface area (Å²) in [5.41, 5.74) is 0. The maximum Gasteiger partial charge on any atom is 0.222 e. The number of piperidine rings is 4. The van der Waals surface area contributed by atoms with Crippen LogP contribution in [-0.4, -0.2) is 61.0 Å². The van der Waals surface area contributed by atoms with E-state index in [1.165, 1.54) is 32.5 Å². The van der Waals surface area contributed by atoms with Gasteiger partial charge in [0, 0.05) is 38.6 Å². The zero-order valence-corrected chi connectivity index (χ0v) is 10.7. The third-order valence-corrected chi connectivity index (χ3v) is 4.73. The van der Waals surface area contributed by atoms with Crippen molar-refractivity contribution >= 4 is 5.91 Å². The van der Waals surface area contributed by atoms with E-state index in [1.807, 2.05) is 11.9 Å². The molecule has 1 amide bonds. The number of amides is 1. The van der Waals surface area contributed by atoms with Gasteiger partial charge in [-0.3, -0.25) is 4.79 Å². The van der Waals surface area contributed by atoms with Crippen LogP contribution in [0.15, 0.2) is 0 Å². The van der Waals surface area contributed by atoms with E-state index in [4.69, 9.17) is 0 Å². The lowest BCUT2D eigenvalue weighted by Gasteiger charge is -2.47. The lowest BCUT2D eigenvalue weighted by Crippen LogP contribution is -2.60. The molecule has 0 aromatic rings. The van der Waals surface area contributed by atoms with Crippen LogP contribution in [0.3, 0.4) is 0 Å². The number of fused-ring (bicyclic) bond motifs is 3. The van der Waals surface area contributed by atoms with Crippen LogP contribution in [0, 0.1) is 5.92 Å². The first-order chi connectivity index (χ1) is 8.22. The van der Waals surface area contributed by atoms with Crippen molar-refractivity contribution in [1.29, 1.82) is 0 Å². The van der Waals surface area contributed by atoms with E-state index in [2.05, 4.69) is 10.2 Å². The van der Waals surface area contributed by atoms with Gasteiger partial charge in [-0.2, -0.15) is 0 Å². The molecule has 4 rings (SSSR count). The Bertz CT molecular complexity index is 299. The van der Waals surface area contributed by atoms with Gasteiger partial charge in [-0.1, -0.05) is 0 Å². The molecule has 0 saturated carbocycles. The molecule has 4 aliphatic rings. The molecular weight excluding hydrogens is 214 g/mol. The monoisotopic (exact) mass is 237 g/mol. The van der Waals surface area contributed by atoms with Gasteiger partial charge in [0.1, 0.15) is 0 Å². The summed E-state index contributed by atoms with van der Waals surface area (Å²) in [7, 11) is 1.92. The van der Waals surface area contributed by atoms with Crippen molar-refractivity contribution < 1.29 is 4.79 Å². The van der Waals surface area contributed by atoms with Crippen molar-refractivity contribution in [2.75, 3.05) is 33.2 Å². The number of hydrogen-bond donors (Lipinski definition) is 1. The average Bonchev–Trinajstić information content (AvgIpc) is 2.35. The van der Waals surface area contributed by atoms with Gasteiger partial charge in [-0.25, -0.2) is 0 Å². The fourth-order valence-electron chi connectivity index (χ4n) is 3.60. The average molecular weight is 237 g/mol. The van der Waals surface area contributed by atoms with E-state index >= 15 is 0 Å². The van der Waals surface area contributed by atoms with Crippen LogP contribution in [0.2, 0.25) is 0 Å². The molecule has 2 atom stereocenters. The standard InChI is InChI=1S/C13H23N3O/c1-15-8-11(2-3-13(15)17)14-12-9-16-6-4-10(12)5-7-16/h10-12,14H,2-9H2,1H3. The molecule has 96 valence electrons. The Labute approximate surface area is 103 Å². The molecule has 4 heterocycles. The molecule has 0 radical (unpaired) electrons. The van der Waals surface area contributed by atoms with Gasteiger partial charge in [0.05, 0.1) is 0 Å². The van der Waals surface area contributed by atoms with Crippen molar-refractivity contribution in [2.45, 2.75) is 37.8 Å². The lowest BCUT2D eigenvalue weighted by atomic mass is 9.83. The van der Waals surface area contributed by atoms with Gasteiger partial charge in [0.2, 0.25) is 5.91 Å². The maximum atomic E-state index is 11.4. The number of nitrogens with one attached hydrogen (secondary N) is 1. The van der Waals surface area contributed by atoms with E-state index in [0.717, 1.165) is 25.3 Å². The summed E-state index contributed by atoms with van der Waals surface area (Å²) in [4.78, 5) is 15.9. The molecule has 2 bridgehead atoms. The molecule has 2 unspecified atom stereocenters. The molecule has 4 aliphatic heterocycles. The second-order valence-electron chi connectivity index (χ2n) is 5.92. The van der Waals surface area contributed by atoms with E-state index in [0.29, 0.717) is 18.0 Å². The van der Waals surface area contributed by atoms with E-state index in [-0.39, 0.29) is 0 Å². The Morgan fingerprint density at radius 2 is 1.94 bits per heavy atom. The summed E-state index contributed by atoms with van der Waals surface area (Å²) in [5.74, 6) is 1.18. The summed E-state index contributed by atoms with van der Waals surface area (Å²) >= 11 is 0. The van der Waals surface area contributed by atoms with Gasteiger partial charge in [-0.05, 0) is 38.3 Å². The van der Waals surface area contributed by atoms with Gasteiger partial charge in [-0.15, -0.1) is 0 Å². The van der Waals surface area contributed by atoms with Gasteiger partial charge in [0.15, 0.2) is 0 Å². The van der Waals surface area contributed by atoms with Crippen LogP contribution in [0.25, 0.3) is 0 Å². The normalized spacial score (nSPS) is 41.9. The highest BCUT2D eigenvalue weighted by Crippen LogP contribution is 2.28. The molecule has 1 N–H and O–H groups in total. The van der Waals surface area contributed by atoms with Crippen molar-refractivity contribution in [3.8, 4) is 0 Å². The Morgan fingerprint density at radius 1 is 1.18 bits per heavy atom. The van der Waals surface area contributed by atoms with Crippen LogP contribution in [0.4, 0.5) is 0 Å². The minimum absolute atomic E-state index is 0.303. The summed E-state index contributed by atoms with van der Waals surface area (Å²) < 4.78 is 0. The third kappa shape index (κ3) is 2.33. The SMILES string of the molecule is CN1CC(NC2CN3CCC2CC3)CCC1=O. The predicted octanol–water partition coefficient (Wildman–Crippen LogP) is 0.291. The van der Waals surface area contributed by atoms with Gasteiger partial charge in [0.25, 0.3) is 0 Å². The molecule has 17 heavy (non-hydrogen) atoms. The number of carbonyl (C=O) groups excluding carboxylic acids is 1. The first-order valence-electron chi connectivity index (χ1n) is 6.95. The summed E-state index contributed by atoms with van der Waals surface area (Å²) in [6.07, 6.45) is 4.46. The van der Waals surface area contributed by atoms with Crippen LogP contribution in [-0.2, 0) is 4.79 Å². The van der Waals surface area contributed by atoms with E-state index in [9.17, 15) is 4.79 Å². The Balaban J connectivity index is 1.55. The molecule has 4 heteroatoms. The highest BCUT2D eigenvalue weighted by molar-refractivity contribution is 5.76. The number of nitrogens with zero attached hydrogens (tertiary/aromatic N) is 2. The van der Waals surface area contributed by atoms with Crippen molar-refractivity contribution in [2.24, 2.45) is 5.92 Å². The molecule has 0 aromatic heterocycles. The molecule has 0 aliphatic carbocycles. The molecular formula is C13H23N3O. The van der Waals surface area contributed by atoms with Gasteiger partial charge < -0.3 is 15.1 Å². The zero-order chi connectivity index (χ0) is 11.8. The van der Waals surface area contributed by atoms with Gasteiger partial charge >= 0.3 is 0 Å². The Kier molecular flexibility index (Phi) is 3.09. The lowest BCUT2D eigenvalue weighted by molar-refractivity contribution is -0.132. The smallest absolute Gasteiger partial charge is 0.222 e. The molecule has 0 aromatic carbocycles. The first kappa shape index (κ1) is 11.5. The summed E-state index contributed by atoms with van der Waals surface area (Å²) in [6, 6.07) is 1.19. The number of rotatable bonds is 2. The van der Waals surface area contributed by atoms with Crippen molar-refractivity contribution in [3.63, 3.8) is 0 Å². The molecule has 4 saturated heterocycles. The summed E-state index contributed by atoms with van der Waals surface area (Å²) in [6.45, 7) is 4.71. The highest BCUT2D eigenvalue weighted by atomic mass is 16.2. The van der Waals surface area contributed by atoms with E-state index < -0.39 is 0 Å². The Hall–Kier alpha value is -0.610. The minimum atomic E-state index is 0.303. The number of carbonyl (C=O) groups is 1. The molecule has 4 fully saturated rings. The topological polar surface area (TPSA) is 35.6 Å². The maximum absolute atomic E-state index is 11.4. The van der Waals surface area contributed by atoms with Crippen molar-refractivity contribution in [1.82, 2.24) is 15.1 Å². The van der Waals surface area contributed by atoms with Crippen LogP contribution >= 0.6 is 0 Å². The van der Waals surface area contributed by atoms with Crippen LogP contribution in [0.1, 0.15) is 25.7 Å². The quantitative estimate of drug-likeness (QED) is 0.750.